The molecule has 5 heteroatoms. The molecular weight excluding hydrogens is 232 g/mol. The Morgan fingerprint density at radius 3 is 2.67 bits per heavy atom. The van der Waals surface area contributed by atoms with Gasteiger partial charge in [0.1, 0.15) is 0 Å². The number of carboxylic acid groups (broad SMARTS) is 1. The molecule has 0 spiro atoms. The van der Waals surface area contributed by atoms with Crippen molar-refractivity contribution in [1.29, 1.82) is 0 Å². The number of carbonyl (C=O) groups is 2. The number of carbonyl (C=O) groups excluding carboxylic acids is 1. The van der Waals surface area contributed by atoms with Crippen molar-refractivity contribution in [2.24, 2.45) is 5.92 Å². The quantitative estimate of drug-likeness (QED) is 0.490. The van der Waals surface area contributed by atoms with E-state index in [0.29, 0.717) is 13.0 Å². The topological polar surface area (TPSA) is 69.6 Å². The normalized spacial score (nSPS) is 11.7. The van der Waals surface area contributed by atoms with Crippen LogP contribution in [0.4, 0.5) is 4.79 Å². The Hall–Kier alpha value is -1.52. The minimum absolute atomic E-state index is 0.0178. The molecule has 0 radical (unpaired) electrons. The molecule has 0 heterocycles. The van der Waals surface area contributed by atoms with E-state index < -0.39 is 6.09 Å². The van der Waals surface area contributed by atoms with Crippen molar-refractivity contribution in [3.05, 3.63) is 12.7 Å². The van der Waals surface area contributed by atoms with E-state index in [9.17, 15) is 9.59 Å². The maximum absolute atomic E-state index is 11.8. The van der Waals surface area contributed by atoms with Crippen LogP contribution in [-0.4, -0.2) is 42.1 Å². The van der Waals surface area contributed by atoms with Crippen molar-refractivity contribution in [2.45, 2.75) is 32.6 Å². The van der Waals surface area contributed by atoms with Crippen LogP contribution >= 0.6 is 0 Å². The average molecular weight is 256 g/mol. The molecule has 18 heavy (non-hydrogen) atoms. The van der Waals surface area contributed by atoms with Crippen LogP contribution in [0.2, 0.25) is 0 Å². The fourth-order valence-electron chi connectivity index (χ4n) is 1.55. The van der Waals surface area contributed by atoms with Crippen LogP contribution in [0.5, 0.6) is 0 Å². The molecule has 0 bridgehead atoms. The number of hydrogen-bond acceptors (Lipinski definition) is 2. The Balaban J connectivity index is 3.78. The van der Waals surface area contributed by atoms with E-state index in [1.165, 1.54) is 0 Å². The Kier molecular flexibility index (Phi) is 8.70. The van der Waals surface area contributed by atoms with Gasteiger partial charge in [-0.15, -0.1) is 6.58 Å². The number of hydrogen-bond donors (Lipinski definition) is 2. The predicted molar refractivity (Wildman–Crippen MR) is 71.5 cm³/mol. The highest BCUT2D eigenvalue weighted by atomic mass is 16.4. The number of unbranched alkanes of at least 4 members (excludes halogenated alkanes) is 2. The van der Waals surface area contributed by atoms with Gasteiger partial charge in [-0.05, 0) is 25.2 Å². The summed E-state index contributed by atoms with van der Waals surface area (Å²) in [5, 5.41) is 10.7. The van der Waals surface area contributed by atoms with Crippen LogP contribution < -0.4 is 5.32 Å². The van der Waals surface area contributed by atoms with Crippen LogP contribution in [0.1, 0.15) is 32.6 Å². The number of nitrogens with one attached hydrogen (secondary N) is 1. The minimum atomic E-state index is -1.05. The second-order valence-corrected chi connectivity index (χ2v) is 4.60. The van der Waals surface area contributed by atoms with Gasteiger partial charge in [0, 0.05) is 26.6 Å². The fourth-order valence-corrected chi connectivity index (χ4v) is 1.55. The lowest BCUT2D eigenvalue weighted by Gasteiger charge is -2.19. The second kappa shape index (κ2) is 9.50. The van der Waals surface area contributed by atoms with E-state index in [4.69, 9.17) is 5.11 Å². The molecule has 5 nitrogen and oxygen atoms in total. The van der Waals surface area contributed by atoms with Gasteiger partial charge in [0.2, 0.25) is 5.91 Å². The molecule has 0 aliphatic rings. The van der Waals surface area contributed by atoms with Gasteiger partial charge < -0.3 is 15.3 Å². The Bertz CT molecular complexity index is 279. The lowest BCUT2D eigenvalue weighted by molar-refractivity contribution is -0.130. The molecule has 0 aromatic rings. The third kappa shape index (κ3) is 8.61. The first-order valence-corrected chi connectivity index (χ1v) is 6.29. The van der Waals surface area contributed by atoms with Gasteiger partial charge in [0.15, 0.2) is 0 Å². The molecule has 0 fully saturated rings. The molecule has 0 aromatic carbocycles. The highest BCUT2D eigenvalue weighted by molar-refractivity contribution is 5.76. The van der Waals surface area contributed by atoms with Gasteiger partial charge in [0.05, 0.1) is 0 Å². The maximum atomic E-state index is 11.8. The molecule has 104 valence electrons. The molecule has 0 rings (SSSR count). The summed E-state index contributed by atoms with van der Waals surface area (Å²) in [5.74, 6) is 0.0810. The first-order chi connectivity index (χ1) is 8.47. The van der Waals surface area contributed by atoms with Crippen molar-refractivity contribution < 1.29 is 14.7 Å². The van der Waals surface area contributed by atoms with E-state index in [0.717, 1.165) is 25.8 Å². The van der Waals surface area contributed by atoms with Crippen molar-refractivity contribution in [2.75, 3.05) is 20.1 Å². The average Bonchev–Trinajstić information content (AvgIpc) is 2.31. The highest BCUT2D eigenvalue weighted by Crippen LogP contribution is 2.05. The van der Waals surface area contributed by atoms with Crippen LogP contribution in [0.3, 0.4) is 0 Å². The van der Waals surface area contributed by atoms with Gasteiger partial charge in [-0.3, -0.25) is 4.79 Å². The van der Waals surface area contributed by atoms with E-state index >= 15 is 0 Å². The van der Waals surface area contributed by atoms with E-state index in [2.05, 4.69) is 11.9 Å². The maximum Gasteiger partial charge on any atom is 0.404 e. The van der Waals surface area contributed by atoms with Crippen molar-refractivity contribution in [1.82, 2.24) is 10.2 Å². The lowest BCUT2D eigenvalue weighted by atomic mass is 10.1. The van der Waals surface area contributed by atoms with Crippen LogP contribution in [-0.2, 0) is 4.79 Å². The zero-order valence-corrected chi connectivity index (χ0v) is 11.3. The zero-order valence-electron chi connectivity index (χ0n) is 11.3. The number of allylic oxidation sites excluding steroid dienone is 1. The predicted octanol–water partition coefficient (Wildman–Crippen LogP) is 2.09. The molecule has 2 N–H and O–H groups in total. The second-order valence-electron chi connectivity index (χ2n) is 4.60. The largest absolute Gasteiger partial charge is 0.465 e. The zero-order chi connectivity index (χ0) is 14.0. The van der Waals surface area contributed by atoms with Gasteiger partial charge in [-0.2, -0.15) is 0 Å². The third-order valence-electron chi connectivity index (χ3n) is 2.70. The number of rotatable bonds is 9. The molecule has 0 saturated heterocycles. The smallest absolute Gasteiger partial charge is 0.404 e. The first-order valence-electron chi connectivity index (χ1n) is 6.29. The first kappa shape index (κ1) is 16.5. The summed E-state index contributed by atoms with van der Waals surface area (Å²) >= 11 is 0. The van der Waals surface area contributed by atoms with Gasteiger partial charge >= 0.3 is 6.09 Å². The van der Waals surface area contributed by atoms with Gasteiger partial charge in [-0.1, -0.05) is 13.0 Å². The van der Waals surface area contributed by atoms with Crippen molar-refractivity contribution in [3.8, 4) is 0 Å². The number of amides is 2. The fraction of sp³-hybridized carbons (Fsp3) is 0.692. The monoisotopic (exact) mass is 256 g/mol. The summed E-state index contributed by atoms with van der Waals surface area (Å²) in [7, 11) is 1.79. The van der Waals surface area contributed by atoms with Crippen molar-refractivity contribution in [3.63, 3.8) is 0 Å². The molecule has 0 aromatic heterocycles. The van der Waals surface area contributed by atoms with E-state index in [-0.39, 0.29) is 11.8 Å². The molecule has 0 aliphatic heterocycles. The summed E-state index contributed by atoms with van der Waals surface area (Å²) in [5.41, 5.74) is 0. The summed E-state index contributed by atoms with van der Waals surface area (Å²) in [6.45, 7) is 6.56. The molecule has 1 atom stereocenters. The summed E-state index contributed by atoms with van der Waals surface area (Å²) in [6.07, 6.45) is 4.18. The Morgan fingerprint density at radius 1 is 1.44 bits per heavy atom. The third-order valence-corrected chi connectivity index (χ3v) is 2.70. The van der Waals surface area contributed by atoms with Gasteiger partial charge in [-0.25, -0.2) is 4.79 Å². The van der Waals surface area contributed by atoms with E-state index in [1.54, 1.807) is 11.9 Å². The molecule has 2 amide bonds. The summed E-state index contributed by atoms with van der Waals surface area (Å²) in [6, 6.07) is 0. The molecule has 0 saturated carbocycles. The van der Waals surface area contributed by atoms with Crippen LogP contribution in [0.25, 0.3) is 0 Å². The minimum Gasteiger partial charge on any atom is -0.465 e. The number of nitrogens with zero attached hydrogens (tertiary/aromatic N) is 1. The standard InChI is InChI=1S/C13H24N2O3/c1-4-5-6-7-8-15(3)12(16)9-11(2)10-14-13(17)18/h4,11,14H,1,5-10H2,2-3H3,(H,17,18). The Labute approximate surface area is 109 Å². The van der Waals surface area contributed by atoms with Gasteiger partial charge in [0.25, 0.3) is 0 Å². The summed E-state index contributed by atoms with van der Waals surface area (Å²) in [4.78, 5) is 23.8. The van der Waals surface area contributed by atoms with Crippen LogP contribution in [0, 0.1) is 5.92 Å². The van der Waals surface area contributed by atoms with E-state index in [1.807, 2.05) is 13.0 Å². The Morgan fingerprint density at radius 2 is 2.11 bits per heavy atom. The molecular formula is C13H24N2O3. The van der Waals surface area contributed by atoms with Crippen molar-refractivity contribution >= 4 is 12.0 Å². The highest BCUT2D eigenvalue weighted by Gasteiger charge is 2.13. The lowest BCUT2D eigenvalue weighted by Crippen LogP contribution is -2.32. The summed E-state index contributed by atoms with van der Waals surface area (Å²) < 4.78 is 0. The van der Waals surface area contributed by atoms with Crippen LogP contribution in [0.15, 0.2) is 12.7 Å². The molecule has 1 unspecified atom stereocenters. The molecule has 0 aliphatic carbocycles. The SMILES string of the molecule is C=CCCCCN(C)C(=O)CC(C)CNC(=O)O.